The molecule has 1 aromatic heterocycles. The molecule has 3 rings (SSSR count). The van der Waals surface area contributed by atoms with Gasteiger partial charge in [-0.2, -0.15) is 0 Å². The second-order valence-electron chi connectivity index (χ2n) is 4.97. The Bertz CT molecular complexity index is 735. The first-order valence-corrected chi connectivity index (χ1v) is 7.02. The SMILES string of the molecule is COc1cccc(CNCc2cncc3ccccc23)c1. The summed E-state index contributed by atoms with van der Waals surface area (Å²) in [5, 5.41) is 5.90. The zero-order chi connectivity index (χ0) is 14.5. The Hall–Kier alpha value is -2.39. The number of rotatable bonds is 5. The smallest absolute Gasteiger partial charge is 0.119 e. The van der Waals surface area contributed by atoms with Crippen molar-refractivity contribution in [2.24, 2.45) is 0 Å². The summed E-state index contributed by atoms with van der Waals surface area (Å²) in [7, 11) is 1.69. The van der Waals surface area contributed by atoms with Gasteiger partial charge in [-0.3, -0.25) is 4.98 Å². The molecule has 0 unspecified atom stereocenters. The minimum Gasteiger partial charge on any atom is -0.497 e. The summed E-state index contributed by atoms with van der Waals surface area (Å²) in [4.78, 5) is 4.31. The fourth-order valence-corrected chi connectivity index (χ4v) is 2.44. The highest BCUT2D eigenvalue weighted by atomic mass is 16.5. The number of methoxy groups -OCH3 is 1. The highest BCUT2D eigenvalue weighted by molar-refractivity contribution is 5.84. The van der Waals surface area contributed by atoms with E-state index in [9.17, 15) is 0 Å². The van der Waals surface area contributed by atoms with Gasteiger partial charge in [0.15, 0.2) is 0 Å². The van der Waals surface area contributed by atoms with E-state index in [-0.39, 0.29) is 0 Å². The predicted molar refractivity (Wildman–Crippen MR) is 85.3 cm³/mol. The van der Waals surface area contributed by atoms with Crippen LogP contribution in [0.2, 0.25) is 0 Å². The first kappa shape index (κ1) is 13.6. The lowest BCUT2D eigenvalue weighted by atomic mass is 10.1. The average Bonchev–Trinajstić information content (AvgIpc) is 2.55. The number of fused-ring (bicyclic) bond motifs is 1. The maximum absolute atomic E-state index is 5.24. The van der Waals surface area contributed by atoms with Crippen molar-refractivity contribution in [2.75, 3.05) is 7.11 Å². The fraction of sp³-hybridized carbons (Fsp3) is 0.167. The van der Waals surface area contributed by atoms with Crippen LogP contribution < -0.4 is 10.1 Å². The van der Waals surface area contributed by atoms with Crippen LogP contribution in [-0.2, 0) is 13.1 Å². The van der Waals surface area contributed by atoms with Crippen LogP contribution in [0, 0.1) is 0 Å². The largest absolute Gasteiger partial charge is 0.497 e. The van der Waals surface area contributed by atoms with E-state index >= 15 is 0 Å². The number of nitrogens with zero attached hydrogens (tertiary/aromatic N) is 1. The van der Waals surface area contributed by atoms with Crippen molar-refractivity contribution in [1.82, 2.24) is 10.3 Å². The molecule has 0 bridgehead atoms. The molecule has 1 N–H and O–H groups in total. The van der Waals surface area contributed by atoms with E-state index < -0.39 is 0 Å². The first-order chi connectivity index (χ1) is 10.4. The normalized spacial score (nSPS) is 10.7. The second kappa shape index (κ2) is 6.37. The number of nitrogens with one attached hydrogen (secondary N) is 1. The number of hydrogen-bond donors (Lipinski definition) is 1. The third-order valence-corrected chi connectivity index (χ3v) is 3.53. The average molecular weight is 278 g/mol. The molecule has 1 heterocycles. The molecule has 106 valence electrons. The van der Waals surface area contributed by atoms with Gasteiger partial charge in [0.05, 0.1) is 7.11 Å². The van der Waals surface area contributed by atoms with E-state index in [1.54, 1.807) is 7.11 Å². The van der Waals surface area contributed by atoms with Gasteiger partial charge < -0.3 is 10.1 Å². The van der Waals surface area contributed by atoms with Gasteiger partial charge in [-0.1, -0.05) is 36.4 Å². The molecule has 0 saturated heterocycles. The van der Waals surface area contributed by atoms with Gasteiger partial charge >= 0.3 is 0 Å². The summed E-state index contributed by atoms with van der Waals surface area (Å²) in [5.41, 5.74) is 2.43. The van der Waals surface area contributed by atoms with Crippen molar-refractivity contribution in [2.45, 2.75) is 13.1 Å². The Morgan fingerprint density at radius 3 is 2.81 bits per heavy atom. The molecule has 2 aromatic carbocycles. The Balaban J connectivity index is 1.69. The van der Waals surface area contributed by atoms with Gasteiger partial charge in [-0.05, 0) is 28.6 Å². The van der Waals surface area contributed by atoms with Gasteiger partial charge in [-0.25, -0.2) is 0 Å². The highest BCUT2D eigenvalue weighted by Gasteiger charge is 2.01. The molecule has 0 aliphatic heterocycles. The van der Waals surface area contributed by atoms with E-state index in [1.165, 1.54) is 21.9 Å². The Morgan fingerprint density at radius 2 is 1.90 bits per heavy atom. The van der Waals surface area contributed by atoms with Crippen LogP contribution >= 0.6 is 0 Å². The molecule has 0 saturated carbocycles. The molecule has 3 heteroatoms. The molecular weight excluding hydrogens is 260 g/mol. The van der Waals surface area contributed by atoms with E-state index in [2.05, 4.69) is 34.6 Å². The molecule has 0 amide bonds. The maximum atomic E-state index is 5.24. The molecule has 0 spiro atoms. The quantitative estimate of drug-likeness (QED) is 0.775. The van der Waals surface area contributed by atoms with Crippen molar-refractivity contribution in [3.05, 3.63) is 72.1 Å². The Labute approximate surface area is 124 Å². The summed E-state index contributed by atoms with van der Waals surface area (Å²) in [5.74, 6) is 0.890. The molecule has 3 nitrogen and oxygen atoms in total. The van der Waals surface area contributed by atoms with Gasteiger partial charge in [0.1, 0.15) is 5.75 Å². The molecule has 0 aliphatic rings. The highest BCUT2D eigenvalue weighted by Crippen LogP contribution is 2.17. The summed E-state index contributed by atoms with van der Waals surface area (Å²) >= 11 is 0. The minimum atomic E-state index is 0.797. The lowest BCUT2D eigenvalue weighted by Gasteiger charge is -2.09. The molecule has 3 aromatic rings. The van der Waals surface area contributed by atoms with Crippen LogP contribution in [0.4, 0.5) is 0 Å². The van der Waals surface area contributed by atoms with Crippen LogP contribution in [0.15, 0.2) is 60.9 Å². The predicted octanol–water partition coefficient (Wildman–Crippen LogP) is 3.53. The van der Waals surface area contributed by atoms with Crippen molar-refractivity contribution in [3.63, 3.8) is 0 Å². The van der Waals surface area contributed by atoms with Crippen molar-refractivity contribution in [3.8, 4) is 5.75 Å². The van der Waals surface area contributed by atoms with E-state index in [4.69, 9.17) is 4.74 Å². The zero-order valence-corrected chi connectivity index (χ0v) is 12.0. The van der Waals surface area contributed by atoms with Crippen LogP contribution in [0.25, 0.3) is 10.8 Å². The third kappa shape index (κ3) is 3.20. The number of aromatic nitrogens is 1. The Morgan fingerprint density at radius 1 is 1.00 bits per heavy atom. The summed E-state index contributed by atoms with van der Waals surface area (Å²) in [6, 6.07) is 16.4. The van der Waals surface area contributed by atoms with Crippen LogP contribution in [-0.4, -0.2) is 12.1 Å². The molecule has 0 radical (unpaired) electrons. The minimum absolute atomic E-state index is 0.797. The van der Waals surface area contributed by atoms with Crippen molar-refractivity contribution >= 4 is 10.8 Å². The molecular formula is C18H18N2O. The maximum Gasteiger partial charge on any atom is 0.119 e. The number of ether oxygens (including phenoxy) is 1. The van der Waals surface area contributed by atoms with Crippen molar-refractivity contribution in [1.29, 1.82) is 0 Å². The summed E-state index contributed by atoms with van der Waals surface area (Å²) in [6.45, 7) is 1.60. The molecule has 21 heavy (non-hydrogen) atoms. The van der Waals surface area contributed by atoms with Gasteiger partial charge in [0.25, 0.3) is 0 Å². The zero-order valence-electron chi connectivity index (χ0n) is 12.0. The third-order valence-electron chi connectivity index (χ3n) is 3.53. The summed E-state index contributed by atoms with van der Waals surface area (Å²) in [6.07, 6.45) is 3.84. The monoisotopic (exact) mass is 278 g/mol. The number of hydrogen-bond acceptors (Lipinski definition) is 3. The molecule has 0 atom stereocenters. The topological polar surface area (TPSA) is 34.1 Å². The lowest BCUT2D eigenvalue weighted by Crippen LogP contribution is -2.13. The van der Waals surface area contributed by atoms with Crippen molar-refractivity contribution < 1.29 is 4.74 Å². The Kier molecular flexibility index (Phi) is 4.12. The van der Waals surface area contributed by atoms with E-state index in [0.717, 1.165) is 18.8 Å². The number of pyridine rings is 1. The number of benzene rings is 2. The van der Waals surface area contributed by atoms with Gasteiger partial charge in [0, 0.05) is 30.9 Å². The van der Waals surface area contributed by atoms with Gasteiger partial charge in [-0.15, -0.1) is 0 Å². The van der Waals surface area contributed by atoms with Gasteiger partial charge in [0.2, 0.25) is 0 Å². The first-order valence-electron chi connectivity index (χ1n) is 7.02. The van der Waals surface area contributed by atoms with Crippen LogP contribution in [0.5, 0.6) is 5.75 Å². The second-order valence-corrected chi connectivity index (χ2v) is 4.97. The standard InChI is InChI=1S/C18H18N2O/c1-21-17-7-4-5-14(9-17)10-19-12-16-13-20-11-15-6-2-3-8-18(15)16/h2-9,11,13,19H,10,12H2,1H3. The van der Waals surface area contributed by atoms with Crippen LogP contribution in [0.1, 0.15) is 11.1 Å². The van der Waals surface area contributed by atoms with E-state index in [0.29, 0.717) is 0 Å². The van der Waals surface area contributed by atoms with E-state index in [1.807, 2.05) is 36.7 Å². The summed E-state index contributed by atoms with van der Waals surface area (Å²) < 4.78 is 5.24. The van der Waals surface area contributed by atoms with Crippen LogP contribution in [0.3, 0.4) is 0 Å². The lowest BCUT2D eigenvalue weighted by molar-refractivity contribution is 0.414. The molecule has 0 aliphatic carbocycles. The fourth-order valence-electron chi connectivity index (χ4n) is 2.44. The molecule has 0 fully saturated rings.